The summed E-state index contributed by atoms with van der Waals surface area (Å²) in [6.45, 7) is 6.58. The van der Waals surface area contributed by atoms with Gasteiger partial charge in [-0.15, -0.1) is 0 Å². The Bertz CT molecular complexity index is 387. The molecule has 0 aliphatic carbocycles. The predicted molar refractivity (Wildman–Crippen MR) is 61.4 cm³/mol. The van der Waals surface area contributed by atoms with Crippen molar-refractivity contribution in [1.29, 1.82) is 0 Å². The first-order chi connectivity index (χ1) is 7.59. The van der Waals surface area contributed by atoms with Crippen molar-refractivity contribution in [2.75, 3.05) is 11.5 Å². The Labute approximate surface area is 95.2 Å². The summed E-state index contributed by atoms with van der Waals surface area (Å²) in [5, 5.41) is 0. The van der Waals surface area contributed by atoms with Crippen LogP contribution in [0, 0.1) is 12.8 Å². The number of aryl methyl sites for hydroxylation is 1. The lowest BCUT2D eigenvalue weighted by Gasteiger charge is -2.23. The number of carbonyl (C=O) groups is 1. The van der Waals surface area contributed by atoms with Crippen molar-refractivity contribution < 1.29 is 9.53 Å². The van der Waals surface area contributed by atoms with Gasteiger partial charge < -0.3 is 4.74 Å². The second-order valence-electron chi connectivity index (χ2n) is 4.45. The summed E-state index contributed by atoms with van der Waals surface area (Å²) in [5.74, 6) is 1.03. The Morgan fingerprint density at radius 1 is 1.50 bits per heavy atom. The van der Waals surface area contributed by atoms with Crippen LogP contribution in [-0.2, 0) is 4.74 Å². The second-order valence-corrected chi connectivity index (χ2v) is 4.45. The van der Waals surface area contributed by atoms with E-state index in [0.29, 0.717) is 18.3 Å². The van der Waals surface area contributed by atoms with E-state index in [-0.39, 0.29) is 12.1 Å². The van der Waals surface area contributed by atoms with Crippen molar-refractivity contribution in [3.8, 4) is 0 Å². The van der Waals surface area contributed by atoms with Crippen LogP contribution in [0.4, 0.5) is 10.6 Å². The van der Waals surface area contributed by atoms with E-state index in [9.17, 15) is 4.79 Å². The lowest BCUT2D eigenvalue weighted by Crippen LogP contribution is -2.37. The number of amides is 1. The molecule has 1 saturated heterocycles. The molecule has 0 spiro atoms. The number of rotatable bonds is 2. The highest BCUT2D eigenvalue weighted by molar-refractivity contribution is 5.89. The fraction of sp³-hybridized carbons (Fsp3) is 0.500. The molecule has 1 atom stereocenters. The fourth-order valence-corrected chi connectivity index (χ4v) is 1.79. The van der Waals surface area contributed by atoms with Gasteiger partial charge >= 0.3 is 6.09 Å². The Morgan fingerprint density at radius 3 is 2.81 bits per heavy atom. The first-order valence-electron chi connectivity index (χ1n) is 5.48. The highest BCUT2D eigenvalue weighted by atomic mass is 16.6. The summed E-state index contributed by atoms with van der Waals surface area (Å²) in [4.78, 5) is 17.5. The van der Waals surface area contributed by atoms with Gasteiger partial charge in [0.15, 0.2) is 0 Å². The Kier molecular flexibility index (Phi) is 2.81. The molecule has 16 heavy (non-hydrogen) atoms. The minimum Gasteiger partial charge on any atom is -0.447 e. The van der Waals surface area contributed by atoms with Gasteiger partial charge in [0.2, 0.25) is 0 Å². The number of hydrogen-bond donors (Lipinski definition) is 0. The minimum atomic E-state index is -0.296. The van der Waals surface area contributed by atoms with Crippen LogP contribution in [0.3, 0.4) is 0 Å². The highest BCUT2D eigenvalue weighted by Crippen LogP contribution is 2.25. The molecule has 1 aromatic heterocycles. The van der Waals surface area contributed by atoms with Gasteiger partial charge in [-0.1, -0.05) is 19.9 Å². The van der Waals surface area contributed by atoms with Crippen LogP contribution in [-0.4, -0.2) is 23.7 Å². The number of aromatic nitrogens is 1. The van der Waals surface area contributed by atoms with Crippen molar-refractivity contribution in [2.24, 2.45) is 5.92 Å². The van der Waals surface area contributed by atoms with Gasteiger partial charge in [-0.25, -0.2) is 9.78 Å². The van der Waals surface area contributed by atoms with Crippen LogP contribution in [0.25, 0.3) is 0 Å². The van der Waals surface area contributed by atoms with E-state index in [4.69, 9.17) is 4.74 Å². The maximum absolute atomic E-state index is 11.6. The molecule has 86 valence electrons. The van der Waals surface area contributed by atoms with Gasteiger partial charge in [0.1, 0.15) is 12.4 Å². The van der Waals surface area contributed by atoms with Crippen LogP contribution in [0.1, 0.15) is 19.4 Å². The van der Waals surface area contributed by atoms with E-state index >= 15 is 0 Å². The van der Waals surface area contributed by atoms with Gasteiger partial charge in [-0.3, -0.25) is 4.90 Å². The Hall–Kier alpha value is -1.58. The van der Waals surface area contributed by atoms with Gasteiger partial charge in [-0.05, 0) is 24.5 Å². The third-order valence-corrected chi connectivity index (χ3v) is 2.82. The number of cyclic esters (lactones) is 1. The lowest BCUT2D eigenvalue weighted by atomic mass is 10.0. The average molecular weight is 220 g/mol. The van der Waals surface area contributed by atoms with Gasteiger partial charge in [0.25, 0.3) is 0 Å². The summed E-state index contributed by atoms with van der Waals surface area (Å²) in [7, 11) is 0. The van der Waals surface area contributed by atoms with Crippen molar-refractivity contribution in [3.63, 3.8) is 0 Å². The Morgan fingerprint density at radius 2 is 2.25 bits per heavy atom. The molecule has 4 nitrogen and oxygen atoms in total. The maximum atomic E-state index is 11.6. The zero-order valence-corrected chi connectivity index (χ0v) is 9.80. The van der Waals surface area contributed by atoms with Crippen LogP contribution in [0.5, 0.6) is 0 Å². The van der Waals surface area contributed by atoms with E-state index in [2.05, 4.69) is 18.8 Å². The van der Waals surface area contributed by atoms with E-state index in [1.807, 2.05) is 19.1 Å². The molecular formula is C12H16N2O2. The van der Waals surface area contributed by atoms with Crippen molar-refractivity contribution in [1.82, 2.24) is 4.98 Å². The topological polar surface area (TPSA) is 42.4 Å². The number of anilines is 1. The van der Waals surface area contributed by atoms with Crippen LogP contribution in [0.2, 0.25) is 0 Å². The van der Waals surface area contributed by atoms with Crippen LogP contribution >= 0.6 is 0 Å². The van der Waals surface area contributed by atoms with Crippen LogP contribution in [0.15, 0.2) is 18.3 Å². The molecule has 2 rings (SSSR count). The number of nitrogens with zero attached hydrogens (tertiary/aromatic N) is 2. The molecule has 0 bridgehead atoms. The summed E-state index contributed by atoms with van der Waals surface area (Å²) in [6, 6.07) is 3.89. The molecule has 1 amide bonds. The molecular weight excluding hydrogens is 204 g/mol. The molecule has 1 aromatic rings. The minimum absolute atomic E-state index is 0.0858. The standard InChI is InChI=1S/C12H16N2O2/c1-8(2)10-7-16-12(15)14(10)11-5-4-9(3)6-13-11/h4-6,8,10H,7H2,1-3H3. The monoisotopic (exact) mass is 220 g/mol. The van der Waals surface area contributed by atoms with Crippen molar-refractivity contribution in [2.45, 2.75) is 26.8 Å². The average Bonchev–Trinajstić information content (AvgIpc) is 2.62. The van der Waals surface area contributed by atoms with Gasteiger partial charge in [0, 0.05) is 6.20 Å². The van der Waals surface area contributed by atoms with Gasteiger partial charge in [0.05, 0.1) is 6.04 Å². The molecule has 1 aliphatic heterocycles. The molecule has 0 aromatic carbocycles. The number of pyridine rings is 1. The normalized spacial score (nSPS) is 20.4. The zero-order valence-electron chi connectivity index (χ0n) is 9.80. The third-order valence-electron chi connectivity index (χ3n) is 2.82. The molecule has 4 heteroatoms. The third kappa shape index (κ3) is 1.87. The van der Waals surface area contributed by atoms with E-state index in [0.717, 1.165) is 5.56 Å². The summed E-state index contributed by atoms with van der Waals surface area (Å²) < 4.78 is 5.07. The quantitative estimate of drug-likeness (QED) is 0.768. The number of ether oxygens (including phenoxy) is 1. The lowest BCUT2D eigenvalue weighted by molar-refractivity contribution is 0.177. The second kappa shape index (κ2) is 4.12. The zero-order chi connectivity index (χ0) is 11.7. The molecule has 1 fully saturated rings. The molecule has 0 N–H and O–H groups in total. The number of hydrogen-bond acceptors (Lipinski definition) is 3. The number of carbonyl (C=O) groups excluding carboxylic acids is 1. The first kappa shape index (κ1) is 10.9. The molecule has 0 saturated carbocycles. The van der Waals surface area contributed by atoms with Crippen molar-refractivity contribution >= 4 is 11.9 Å². The van der Waals surface area contributed by atoms with Crippen LogP contribution < -0.4 is 4.90 Å². The summed E-state index contributed by atoms with van der Waals surface area (Å²) >= 11 is 0. The summed E-state index contributed by atoms with van der Waals surface area (Å²) in [5.41, 5.74) is 1.08. The van der Waals surface area contributed by atoms with E-state index in [1.54, 1.807) is 11.1 Å². The highest BCUT2D eigenvalue weighted by Gasteiger charge is 2.36. The Balaban J connectivity index is 2.30. The maximum Gasteiger partial charge on any atom is 0.415 e. The largest absolute Gasteiger partial charge is 0.447 e. The van der Waals surface area contributed by atoms with Crippen molar-refractivity contribution in [3.05, 3.63) is 23.9 Å². The van der Waals surface area contributed by atoms with E-state index in [1.165, 1.54) is 0 Å². The molecule has 1 unspecified atom stereocenters. The van der Waals surface area contributed by atoms with E-state index < -0.39 is 0 Å². The van der Waals surface area contributed by atoms with Gasteiger partial charge in [-0.2, -0.15) is 0 Å². The smallest absolute Gasteiger partial charge is 0.415 e. The molecule has 1 aliphatic rings. The predicted octanol–water partition coefficient (Wildman–Crippen LogP) is 2.37. The molecule has 0 radical (unpaired) electrons. The first-order valence-corrected chi connectivity index (χ1v) is 5.48. The SMILES string of the molecule is Cc1ccc(N2C(=O)OCC2C(C)C)nc1. The molecule has 2 heterocycles. The summed E-state index contributed by atoms with van der Waals surface area (Å²) in [6.07, 6.45) is 1.47. The fourth-order valence-electron chi connectivity index (χ4n) is 1.79.